The Labute approximate surface area is 145 Å². The van der Waals surface area contributed by atoms with Crippen molar-refractivity contribution in [2.24, 2.45) is 0 Å². The van der Waals surface area contributed by atoms with Crippen LogP contribution in [0.1, 0.15) is 27.7 Å². The first kappa shape index (κ1) is 18.2. The largest absolute Gasteiger partial charge is 0.463 e. The minimum Gasteiger partial charge on any atom is -0.463 e. The highest BCUT2D eigenvalue weighted by molar-refractivity contribution is 9.11. The van der Waals surface area contributed by atoms with Gasteiger partial charge >= 0.3 is 5.97 Å². The quantitative estimate of drug-likeness (QED) is 0.535. The van der Waals surface area contributed by atoms with Gasteiger partial charge < -0.3 is 14.2 Å². The molecule has 0 aromatic rings. The number of halogens is 1. The molecule has 0 bridgehead atoms. The smallest absolute Gasteiger partial charge is 0.338 e. The van der Waals surface area contributed by atoms with E-state index in [1.807, 2.05) is 38.1 Å². The summed E-state index contributed by atoms with van der Waals surface area (Å²) in [5.74, 6) is -0.355. The summed E-state index contributed by atoms with van der Waals surface area (Å²) >= 11 is 3.47. The van der Waals surface area contributed by atoms with Crippen LogP contribution in [-0.4, -0.2) is 43.1 Å². The van der Waals surface area contributed by atoms with Crippen molar-refractivity contribution in [3.8, 4) is 0 Å². The Hall–Kier alpha value is -1.15. The maximum absolute atomic E-state index is 12.5. The molecule has 2 rings (SSSR count). The van der Waals surface area contributed by atoms with E-state index >= 15 is 0 Å². The Bertz CT molecular complexity index is 550. The molecule has 1 atom stereocenters. The van der Waals surface area contributed by atoms with Crippen molar-refractivity contribution in [2.75, 3.05) is 19.8 Å². The second-order valence-electron chi connectivity index (χ2n) is 5.08. The molecule has 0 saturated carbocycles. The fourth-order valence-corrected chi connectivity index (χ4v) is 3.24. The first-order valence-electron chi connectivity index (χ1n) is 7.79. The van der Waals surface area contributed by atoms with E-state index in [0.29, 0.717) is 25.4 Å². The van der Waals surface area contributed by atoms with Crippen LogP contribution in [0.15, 0.2) is 33.6 Å². The van der Waals surface area contributed by atoms with Crippen molar-refractivity contribution in [1.29, 1.82) is 0 Å². The summed E-state index contributed by atoms with van der Waals surface area (Å²) in [4.78, 5) is 12.5. The Morgan fingerprint density at radius 1 is 1.30 bits per heavy atom. The number of nitrogens with one attached hydrogen (secondary N) is 1. The number of hydrogen-bond donors (Lipinski definition) is 1. The van der Waals surface area contributed by atoms with Crippen LogP contribution in [0.2, 0.25) is 0 Å². The van der Waals surface area contributed by atoms with Gasteiger partial charge in [-0.2, -0.15) is 0 Å². The van der Waals surface area contributed by atoms with Gasteiger partial charge in [0.05, 0.1) is 17.9 Å². The van der Waals surface area contributed by atoms with Crippen molar-refractivity contribution in [2.45, 2.75) is 40.0 Å². The molecule has 23 heavy (non-hydrogen) atoms. The van der Waals surface area contributed by atoms with Crippen LogP contribution >= 0.6 is 15.9 Å². The lowest BCUT2D eigenvalue weighted by molar-refractivity contribution is -0.156. The second kappa shape index (κ2) is 8.10. The molecular weight excluding hydrogens is 364 g/mol. The molecule has 0 spiro atoms. The van der Waals surface area contributed by atoms with Gasteiger partial charge in [0.25, 0.3) is 0 Å². The van der Waals surface area contributed by atoms with E-state index in [-0.39, 0.29) is 5.97 Å². The van der Waals surface area contributed by atoms with Crippen molar-refractivity contribution in [3.63, 3.8) is 0 Å². The summed E-state index contributed by atoms with van der Waals surface area (Å²) in [7, 11) is 0. The predicted molar refractivity (Wildman–Crippen MR) is 90.2 cm³/mol. The topological polar surface area (TPSA) is 60.0 Å². The summed E-state index contributed by atoms with van der Waals surface area (Å²) in [6, 6.07) is -0.429. The number of esters is 1. The third kappa shape index (κ3) is 3.85. The van der Waals surface area contributed by atoms with Crippen LogP contribution in [0.5, 0.6) is 0 Å². The van der Waals surface area contributed by atoms with E-state index in [1.165, 1.54) is 0 Å². The van der Waals surface area contributed by atoms with Gasteiger partial charge in [0.1, 0.15) is 6.04 Å². The van der Waals surface area contributed by atoms with E-state index in [4.69, 9.17) is 14.2 Å². The lowest BCUT2D eigenvalue weighted by Crippen LogP contribution is -2.46. The maximum Gasteiger partial charge on any atom is 0.338 e. The molecule has 128 valence electrons. The third-order valence-corrected chi connectivity index (χ3v) is 3.93. The minimum absolute atomic E-state index is 0.318. The van der Waals surface area contributed by atoms with Gasteiger partial charge in [0, 0.05) is 23.9 Å². The second-order valence-corrected chi connectivity index (χ2v) is 6.00. The monoisotopic (exact) mass is 386 g/mol. The van der Waals surface area contributed by atoms with Crippen molar-refractivity contribution in [3.05, 3.63) is 33.6 Å². The Balaban J connectivity index is 2.43. The molecule has 0 saturated heterocycles. The number of hydrazine groups is 1. The molecule has 6 nitrogen and oxygen atoms in total. The van der Waals surface area contributed by atoms with Crippen molar-refractivity contribution in [1.82, 2.24) is 10.4 Å². The number of carbonyl (C=O) groups is 1. The number of rotatable bonds is 7. The third-order valence-electron chi connectivity index (χ3n) is 3.49. The zero-order chi connectivity index (χ0) is 17.0. The number of fused-ring (bicyclic) bond motifs is 1. The van der Waals surface area contributed by atoms with Crippen LogP contribution in [0.3, 0.4) is 0 Å². The van der Waals surface area contributed by atoms with Gasteiger partial charge in [0.15, 0.2) is 6.29 Å². The molecular formula is C16H23BrN2O4. The van der Waals surface area contributed by atoms with Gasteiger partial charge in [-0.05, 0) is 55.3 Å². The van der Waals surface area contributed by atoms with Crippen molar-refractivity contribution < 1.29 is 19.0 Å². The predicted octanol–water partition coefficient (Wildman–Crippen LogP) is 2.59. The molecule has 2 aliphatic rings. The SMILES string of the molecule is CCOC(=O)C1=C2C(C)=CC(Br)=CN2NC1C(OCC)OCC. The molecule has 2 heterocycles. The van der Waals surface area contributed by atoms with Crippen LogP contribution in [0, 0.1) is 0 Å². The molecule has 0 aliphatic carbocycles. The van der Waals surface area contributed by atoms with Gasteiger partial charge in [-0.25, -0.2) is 10.2 Å². The van der Waals surface area contributed by atoms with Crippen LogP contribution < -0.4 is 5.43 Å². The average Bonchev–Trinajstić information content (AvgIpc) is 2.86. The molecule has 2 aliphatic heterocycles. The standard InChI is InChI=1S/C16H23BrN2O4/c1-5-21-15(20)12-13(16(22-6-2)23-7-3)18-19-9-11(17)8-10(4)14(12)19/h8-9,13,16,18H,5-7H2,1-4H3. The molecule has 0 aromatic heterocycles. The van der Waals surface area contributed by atoms with Gasteiger partial charge in [-0.3, -0.25) is 5.01 Å². The molecule has 0 aromatic carbocycles. The summed E-state index contributed by atoms with van der Waals surface area (Å²) in [6.45, 7) is 8.83. The molecule has 0 fully saturated rings. The highest BCUT2D eigenvalue weighted by Crippen LogP contribution is 2.35. The molecule has 0 amide bonds. The zero-order valence-electron chi connectivity index (χ0n) is 13.9. The van der Waals surface area contributed by atoms with E-state index in [2.05, 4.69) is 21.4 Å². The lowest BCUT2D eigenvalue weighted by atomic mass is 10.0. The normalized spacial score (nSPS) is 20.6. The molecule has 1 unspecified atom stereocenters. The van der Waals surface area contributed by atoms with Gasteiger partial charge in [0.2, 0.25) is 0 Å². The van der Waals surface area contributed by atoms with E-state index in [1.54, 1.807) is 6.92 Å². The number of carbonyl (C=O) groups excluding carboxylic acids is 1. The molecule has 1 N–H and O–H groups in total. The summed E-state index contributed by atoms with van der Waals surface area (Å²) in [5.41, 5.74) is 5.56. The zero-order valence-corrected chi connectivity index (χ0v) is 15.5. The summed E-state index contributed by atoms with van der Waals surface area (Å²) in [5, 5.41) is 1.82. The van der Waals surface area contributed by atoms with Gasteiger partial charge in [-0.15, -0.1) is 0 Å². The average molecular weight is 387 g/mol. The number of ether oxygens (including phenoxy) is 3. The molecule has 7 heteroatoms. The fraction of sp³-hybridized carbons (Fsp3) is 0.562. The van der Waals surface area contributed by atoms with E-state index in [9.17, 15) is 4.79 Å². The maximum atomic E-state index is 12.5. The lowest BCUT2D eigenvalue weighted by Gasteiger charge is -2.26. The Morgan fingerprint density at radius 3 is 2.52 bits per heavy atom. The van der Waals surface area contributed by atoms with Crippen LogP contribution in [0.4, 0.5) is 0 Å². The van der Waals surface area contributed by atoms with Gasteiger partial charge in [-0.1, -0.05) is 0 Å². The Kier molecular flexibility index (Phi) is 6.41. The van der Waals surface area contributed by atoms with Crippen LogP contribution in [0.25, 0.3) is 0 Å². The number of nitrogens with zero attached hydrogens (tertiary/aromatic N) is 1. The van der Waals surface area contributed by atoms with E-state index in [0.717, 1.165) is 15.8 Å². The fourth-order valence-electron chi connectivity index (χ4n) is 2.69. The number of allylic oxidation sites excluding steroid dienone is 3. The van der Waals surface area contributed by atoms with Crippen molar-refractivity contribution >= 4 is 21.9 Å². The summed E-state index contributed by atoms with van der Waals surface area (Å²) in [6.07, 6.45) is 3.27. The first-order valence-corrected chi connectivity index (χ1v) is 8.58. The Morgan fingerprint density at radius 2 is 1.96 bits per heavy atom. The first-order chi connectivity index (χ1) is 11.0. The molecule has 0 radical (unpaired) electrons. The highest BCUT2D eigenvalue weighted by atomic mass is 79.9. The number of hydrogen-bond acceptors (Lipinski definition) is 6. The summed E-state index contributed by atoms with van der Waals surface area (Å²) < 4.78 is 17.5. The minimum atomic E-state index is -0.567. The van der Waals surface area contributed by atoms with E-state index < -0.39 is 12.3 Å². The van der Waals surface area contributed by atoms with Crippen LogP contribution in [-0.2, 0) is 19.0 Å². The highest BCUT2D eigenvalue weighted by Gasteiger charge is 2.42.